The van der Waals surface area contributed by atoms with Gasteiger partial charge in [0.25, 0.3) is 0 Å². The van der Waals surface area contributed by atoms with Crippen LogP contribution in [0.2, 0.25) is 0 Å². The highest BCUT2D eigenvalue weighted by molar-refractivity contribution is 5.82. The number of hydrogen-bond acceptors (Lipinski definition) is 3. The van der Waals surface area contributed by atoms with Gasteiger partial charge in [-0.05, 0) is 11.8 Å². The average Bonchev–Trinajstić information content (AvgIpc) is 2.60. The van der Waals surface area contributed by atoms with Crippen LogP contribution in [0.5, 0.6) is 0 Å². The minimum absolute atomic E-state index is 0.00158. The van der Waals surface area contributed by atoms with Crippen LogP contribution < -0.4 is 5.73 Å². The molecule has 1 aliphatic rings. The van der Waals surface area contributed by atoms with E-state index in [0.717, 1.165) is 13.0 Å². The van der Waals surface area contributed by atoms with Crippen molar-refractivity contribution in [2.75, 3.05) is 26.2 Å². The maximum atomic E-state index is 12.3. The van der Waals surface area contributed by atoms with Crippen molar-refractivity contribution in [3.05, 3.63) is 0 Å². The molecule has 0 aliphatic carbocycles. The Kier molecular flexibility index (Phi) is 5.35. The molecule has 1 rings (SSSR count). The Morgan fingerprint density at radius 2 is 1.63 bits per heavy atom. The third kappa shape index (κ3) is 4.20. The van der Waals surface area contributed by atoms with Gasteiger partial charge in [0.05, 0.1) is 6.04 Å². The van der Waals surface area contributed by atoms with Crippen molar-refractivity contribution in [2.24, 2.45) is 11.1 Å². The molecule has 1 atom stereocenters. The van der Waals surface area contributed by atoms with E-state index in [0.29, 0.717) is 26.1 Å². The van der Waals surface area contributed by atoms with Crippen LogP contribution in [0.1, 0.15) is 40.5 Å². The molecule has 5 heteroatoms. The zero-order chi connectivity index (χ0) is 14.6. The molecule has 2 amide bonds. The summed E-state index contributed by atoms with van der Waals surface area (Å²) in [7, 11) is 0. The lowest BCUT2D eigenvalue weighted by atomic mass is 9.86. The van der Waals surface area contributed by atoms with E-state index in [9.17, 15) is 9.59 Å². The van der Waals surface area contributed by atoms with Gasteiger partial charge in [0.15, 0.2) is 0 Å². The summed E-state index contributed by atoms with van der Waals surface area (Å²) in [6, 6.07) is -0.485. The molecule has 5 nitrogen and oxygen atoms in total. The maximum absolute atomic E-state index is 12.3. The highest BCUT2D eigenvalue weighted by atomic mass is 16.2. The lowest BCUT2D eigenvalue weighted by Crippen LogP contribution is -2.51. The van der Waals surface area contributed by atoms with Crippen molar-refractivity contribution < 1.29 is 9.59 Å². The number of rotatable bonds is 2. The molecule has 0 aromatic carbocycles. The minimum atomic E-state index is -0.485. The summed E-state index contributed by atoms with van der Waals surface area (Å²) in [5.41, 5.74) is 5.79. The van der Waals surface area contributed by atoms with Gasteiger partial charge in [-0.15, -0.1) is 0 Å². The Hall–Kier alpha value is -1.10. The third-order valence-corrected chi connectivity index (χ3v) is 3.66. The Bertz CT molecular complexity index is 336. The van der Waals surface area contributed by atoms with E-state index in [4.69, 9.17) is 5.73 Å². The van der Waals surface area contributed by atoms with Crippen molar-refractivity contribution in [3.8, 4) is 0 Å². The molecule has 0 radical (unpaired) electrons. The van der Waals surface area contributed by atoms with Crippen molar-refractivity contribution >= 4 is 11.8 Å². The summed E-state index contributed by atoms with van der Waals surface area (Å²) in [5, 5.41) is 0. The SMILES string of the molecule is CCC(=O)N1CCCN(C(=O)[C@H](N)C(C)(C)C)CC1. The fourth-order valence-electron chi connectivity index (χ4n) is 2.18. The molecule has 1 saturated heterocycles. The standard InChI is InChI=1S/C14H27N3O2/c1-5-11(18)16-7-6-8-17(10-9-16)13(19)12(15)14(2,3)4/h12H,5-10,15H2,1-4H3/t12-/m0/s1. The molecule has 0 saturated carbocycles. The van der Waals surface area contributed by atoms with Crippen LogP contribution in [0, 0.1) is 5.41 Å². The molecule has 0 aromatic rings. The molecule has 19 heavy (non-hydrogen) atoms. The lowest BCUT2D eigenvalue weighted by Gasteiger charge is -2.31. The molecule has 1 fully saturated rings. The average molecular weight is 269 g/mol. The molecule has 0 aromatic heterocycles. The number of nitrogens with two attached hydrogens (primary N) is 1. The summed E-state index contributed by atoms with van der Waals surface area (Å²) in [4.78, 5) is 27.7. The Morgan fingerprint density at radius 3 is 2.16 bits per heavy atom. The van der Waals surface area contributed by atoms with Gasteiger partial charge >= 0.3 is 0 Å². The largest absolute Gasteiger partial charge is 0.341 e. The van der Waals surface area contributed by atoms with E-state index in [1.54, 1.807) is 4.90 Å². The molecule has 0 spiro atoms. The predicted molar refractivity (Wildman–Crippen MR) is 75.5 cm³/mol. The Labute approximate surface area is 116 Å². The van der Waals surface area contributed by atoms with Crippen molar-refractivity contribution in [3.63, 3.8) is 0 Å². The zero-order valence-corrected chi connectivity index (χ0v) is 12.6. The smallest absolute Gasteiger partial charge is 0.240 e. The first kappa shape index (κ1) is 16.0. The lowest BCUT2D eigenvalue weighted by molar-refractivity contribution is -0.136. The summed E-state index contributed by atoms with van der Waals surface area (Å²) in [6.07, 6.45) is 1.35. The summed E-state index contributed by atoms with van der Waals surface area (Å²) < 4.78 is 0. The fraction of sp³-hybridized carbons (Fsp3) is 0.857. The van der Waals surface area contributed by atoms with E-state index < -0.39 is 6.04 Å². The molecule has 1 aliphatic heterocycles. The topological polar surface area (TPSA) is 66.6 Å². The van der Waals surface area contributed by atoms with Gasteiger partial charge < -0.3 is 15.5 Å². The maximum Gasteiger partial charge on any atom is 0.240 e. The van der Waals surface area contributed by atoms with E-state index in [2.05, 4.69) is 0 Å². The Balaban J connectivity index is 2.62. The van der Waals surface area contributed by atoms with Gasteiger partial charge in [0.1, 0.15) is 0 Å². The monoisotopic (exact) mass is 269 g/mol. The number of hydrogen-bond donors (Lipinski definition) is 1. The van der Waals surface area contributed by atoms with Crippen LogP contribution in [0.4, 0.5) is 0 Å². The van der Waals surface area contributed by atoms with Crippen molar-refractivity contribution in [1.82, 2.24) is 9.80 Å². The summed E-state index contributed by atoms with van der Waals surface area (Å²) in [5.74, 6) is 0.160. The van der Waals surface area contributed by atoms with Gasteiger partial charge in [-0.25, -0.2) is 0 Å². The van der Waals surface area contributed by atoms with Gasteiger partial charge in [-0.3, -0.25) is 9.59 Å². The normalized spacial score (nSPS) is 19.0. The van der Waals surface area contributed by atoms with Crippen molar-refractivity contribution in [1.29, 1.82) is 0 Å². The van der Waals surface area contributed by atoms with E-state index in [1.165, 1.54) is 0 Å². The predicted octanol–water partition coefficient (Wildman–Crippen LogP) is 0.831. The number of carbonyl (C=O) groups is 2. The van der Waals surface area contributed by atoms with Crippen molar-refractivity contribution in [2.45, 2.75) is 46.6 Å². The summed E-state index contributed by atoms with van der Waals surface area (Å²) in [6.45, 7) is 10.4. The highest BCUT2D eigenvalue weighted by Gasteiger charge is 2.32. The second-order valence-electron chi connectivity index (χ2n) is 6.26. The molecule has 0 bridgehead atoms. The van der Waals surface area contributed by atoms with E-state index in [-0.39, 0.29) is 17.2 Å². The van der Waals surface area contributed by atoms with Gasteiger partial charge in [-0.1, -0.05) is 27.7 Å². The van der Waals surface area contributed by atoms with Crippen LogP contribution in [0.25, 0.3) is 0 Å². The van der Waals surface area contributed by atoms with Gasteiger partial charge in [0.2, 0.25) is 11.8 Å². The van der Waals surface area contributed by atoms with E-state index >= 15 is 0 Å². The molecular weight excluding hydrogens is 242 g/mol. The number of nitrogens with zero attached hydrogens (tertiary/aromatic N) is 2. The second-order valence-corrected chi connectivity index (χ2v) is 6.26. The Morgan fingerprint density at radius 1 is 1.11 bits per heavy atom. The van der Waals surface area contributed by atoms with Gasteiger partial charge in [0, 0.05) is 32.6 Å². The molecule has 0 unspecified atom stereocenters. The number of carbonyl (C=O) groups excluding carboxylic acids is 2. The number of amides is 2. The first-order chi connectivity index (χ1) is 8.77. The molecule has 2 N–H and O–H groups in total. The second kappa shape index (κ2) is 6.37. The van der Waals surface area contributed by atoms with Gasteiger partial charge in [-0.2, -0.15) is 0 Å². The fourth-order valence-corrected chi connectivity index (χ4v) is 2.18. The van der Waals surface area contributed by atoms with Crippen LogP contribution in [0.15, 0.2) is 0 Å². The highest BCUT2D eigenvalue weighted by Crippen LogP contribution is 2.19. The van der Waals surface area contributed by atoms with Crippen LogP contribution in [-0.4, -0.2) is 53.8 Å². The first-order valence-electron chi connectivity index (χ1n) is 7.09. The third-order valence-electron chi connectivity index (χ3n) is 3.66. The van der Waals surface area contributed by atoms with Crippen LogP contribution in [0.3, 0.4) is 0 Å². The molecule has 1 heterocycles. The minimum Gasteiger partial charge on any atom is -0.341 e. The zero-order valence-electron chi connectivity index (χ0n) is 12.6. The summed E-state index contributed by atoms with van der Waals surface area (Å²) >= 11 is 0. The molecular formula is C14H27N3O2. The van der Waals surface area contributed by atoms with Crippen LogP contribution in [-0.2, 0) is 9.59 Å². The van der Waals surface area contributed by atoms with Crippen LogP contribution >= 0.6 is 0 Å². The molecule has 110 valence electrons. The first-order valence-corrected chi connectivity index (χ1v) is 7.09. The van der Waals surface area contributed by atoms with E-state index in [1.807, 2.05) is 32.6 Å². The quantitative estimate of drug-likeness (QED) is 0.807.